The van der Waals surface area contributed by atoms with Crippen molar-refractivity contribution in [2.24, 2.45) is 0 Å². The van der Waals surface area contributed by atoms with Gasteiger partial charge in [-0.05, 0) is 19.3 Å². The van der Waals surface area contributed by atoms with E-state index in [4.69, 9.17) is 9.90 Å². The molecular formula is C16H30O2. The molecule has 1 N–H and O–H groups in total. The van der Waals surface area contributed by atoms with E-state index in [0.29, 0.717) is 0 Å². The van der Waals surface area contributed by atoms with Crippen LogP contribution in [0, 0.1) is 0 Å². The minimum Gasteiger partial charge on any atom is -0.481 e. The molecule has 0 fully saturated rings. The zero-order chi connectivity index (χ0) is 14.1. The van der Waals surface area contributed by atoms with Gasteiger partial charge in [-0.3, -0.25) is 4.79 Å². The first-order valence-electron chi connectivity index (χ1n) is 7.16. The Bertz CT molecular complexity index is 213. The Morgan fingerprint density at radius 3 is 2.00 bits per heavy atom. The first-order chi connectivity index (χ1) is 8.65. The van der Waals surface area contributed by atoms with E-state index < -0.39 is 5.97 Å². The predicted octanol–water partition coefficient (Wildman–Crippen LogP) is 5.35. The number of allylic oxidation sites excluding steroid dienone is 4. The molecule has 0 unspecified atom stereocenters. The van der Waals surface area contributed by atoms with E-state index in [2.05, 4.69) is 38.2 Å². The summed E-state index contributed by atoms with van der Waals surface area (Å²) in [7, 11) is 0. The molecule has 0 aromatic carbocycles. The number of aliphatic carboxylic acids is 1. The highest BCUT2D eigenvalue weighted by Gasteiger charge is 1.87. The number of hydrogen-bond acceptors (Lipinski definition) is 1. The molecule has 0 bridgehead atoms. The quantitative estimate of drug-likeness (QED) is 0.445. The summed E-state index contributed by atoms with van der Waals surface area (Å²) in [4.78, 5) is 9.00. The van der Waals surface area contributed by atoms with Crippen LogP contribution in [-0.2, 0) is 4.79 Å². The molecule has 2 nitrogen and oxygen atoms in total. The van der Waals surface area contributed by atoms with Crippen molar-refractivity contribution < 1.29 is 9.90 Å². The lowest BCUT2D eigenvalue weighted by Gasteiger charge is -1.97. The highest BCUT2D eigenvalue weighted by Crippen LogP contribution is 2.07. The van der Waals surface area contributed by atoms with Gasteiger partial charge in [-0.1, -0.05) is 70.3 Å². The second-order valence-electron chi connectivity index (χ2n) is 4.34. The molecule has 0 radical (unpaired) electrons. The lowest BCUT2D eigenvalue weighted by atomic mass is 10.1. The highest BCUT2D eigenvalue weighted by molar-refractivity contribution is 5.62. The summed E-state index contributed by atoms with van der Waals surface area (Å²) in [5.41, 5.74) is 0. The van der Waals surface area contributed by atoms with E-state index in [1.54, 1.807) is 0 Å². The highest BCUT2D eigenvalue weighted by atomic mass is 16.4. The van der Waals surface area contributed by atoms with Gasteiger partial charge in [0.15, 0.2) is 0 Å². The van der Waals surface area contributed by atoms with Crippen molar-refractivity contribution in [3.8, 4) is 0 Å². The lowest BCUT2D eigenvalue weighted by molar-refractivity contribution is -0.134. The maximum absolute atomic E-state index is 9.00. The Kier molecular flexibility index (Phi) is 19.6. The summed E-state index contributed by atoms with van der Waals surface area (Å²) in [6, 6.07) is 0. The summed E-state index contributed by atoms with van der Waals surface area (Å²) < 4.78 is 0. The Hall–Kier alpha value is -1.05. The van der Waals surface area contributed by atoms with E-state index in [1.165, 1.54) is 44.9 Å². The van der Waals surface area contributed by atoms with Gasteiger partial charge in [0.1, 0.15) is 0 Å². The summed E-state index contributed by atoms with van der Waals surface area (Å²) in [6.07, 6.45) is 19.6. The van der Waals surface area contributed by atoms with E-state index in [1.807, 2.05) is 0 Å². The first-order valence-corrected chi connectivity index (χ1v) is 7.16. The monoisotopic (exact) mass is 254 g/mol. The van der Waals surface area contributed by atoms with E-state index in [0.717, 1.165) is 13.3 Å². The fourth-order valence-electron chi connectivity index (χ4n) is 1.43. The fraction of sp³-hybridized carbons (Fsp3) is 0.688. The van der Waals surface area contributed by atoms with Crippen molar-refractivity contribution in [2.75, 3.05) is 0 Å². The van der Waals surface area contributed by atoms with E-state index in [-0.39, 0.29) is 0 Å². The Morgan fingerprint density at radius 1 is 0.944 bits per heavy atom. The SMILES string of the molecule is CC(=O)O.CC/C=C/C=C\CCCCCCCC. The number of carbonyl (C=O) groups is 1. The van der Waals surface area contributed by atoms with Crippen molar-refractivity contribution >= 4 is 5.97 Å². The van der Waals surface area contributed by atoms with Crippen molar-refractivity contribution in [2.45, 2.75) is 72.1 Å². The van der Waals surface area contributed by atoms with Crippen molar-refractivity contribution in [1.29, 1.82) is 0 Å². The summed E-state index contributed by atoms with van der Waals surface area (Å²) in [5.74, 6) is -0.833. The van der Waals surface area contributed by atoms with E-state index >= 15 is 0 Å². The molecule has 0 aromatic heterocycles. The minimum atomic E-state index is -0.833. The van der Waals surface area contributed by atoms with Gasteiger partial charge in [0.2, 0.25) is 0 Å². The number of carboxylic acids is 1. The molecule has 0 saturated heterocycles. The molecule has 0 amide bonds. The average molecular weight is 254 g/mol. The van der Waals surface area contributed by atoms with Crippen LogP contribution in [0.5, 0.6) is 0 Å². The summed E-state index contributed by atoms with van der Waals surface area (Å²) in [6.45, 7) is 5.51. The van der Waals surface area contributed by atoms with Gasteiger partial charge in [0.05, 0.1) is 0 Å². The second-order valence-corrected chi connectivity index (χ2v) is 4.34. The smallest absolute Gasteiger partial charge is 0.300 e. The molecule has 0 atom stereocenters. The van der Waals surface area contributed by atoms with Crippen LogP contribution in [0.25, 0.3) is 0 Å². The Morgan fingerprint density at radius 2 is 1.44 bits per heavy atom. The largest absolute Gasteiger partial charge is 0.481 e. The minimum absolute atomic E-state index is 0.833. The molecule has 18 heavy (non-hydrogen) atoms. The third-order valence-corrected chi connectivity index (χ3v) is 2.34. The van der Waals surface area contributed by atoms with Crippen LogP contribution >= 0.6 is 0 Å². The van der Waals surface area contributed by atoms with Crippen LogP contribution in [0.4, 0.5) is 0 Å². The third kappa shape index (κ3) is 29.4. The van der Waals surface area contributed by atoms with Crippen molar-refractivity contribution in [1.82, 2.24) is 0 Å². The Labute approximate surface area is 113 Å². The van der Waals surface area contributed by atoms with Gasteiger partial charge in [-0.25, -0.2) is 0 Å². The van der Waals surface area contributed by atoms with Crippen molar-refractivity contribution in [3.63, 3.8) is 0 Å². The molecule has 0 saturated carbocycles. The molecule has 0 aliphatic carbocycles. The number of rotatable bonds is 9. The number of carboxylic acid groups (broad SMARTS) is 1. The van der Waals surface area contributed by atoms with E-state index in [9.17, 15) is 0 Å². The van der Waals surface area contributed by atoms with Crippen LogP contribution in [0.2, 0.25) is 0 Å². The standard InChI is InChI=1S/C14H26.C2H4O2/c1-3-5-7-9-11-13-14-12-10-8-6-4-2;1-2(3)4/h5,7,9,11H,3-4,6,8,10,12-14H2,1-2H3;1H3,(H,3,4)/b7-5+,11-9-;. The summed E-state index contributed by atoms with van der Waals surface area (Å²) in [5, 5.41) is 7.42. The zero-order valence-corrected chi connectivity index (χ0v) is 12.3. The van der Waals surface area contributed by atoms with Crippen molar-refractivity contribution in [3.05, 3.63) is 24.3 Å². The molecule has 0 rings (SSSR count). The first kappa shape index (κ1) is 19.3. The maximum atomic E-state index is 9.00. The third-order valence-electron chi connectivity index (χ3n) is 2.34. The van der Waals surface area contributed by atoms with Gasteiger partial charge in [0, 0.05) is 6.92 Å². The molecule has 0 aliphatic heterocycles. The van der Waals surface area contributed by atoms with Crippen LogP contribution in [-0.4, -0.2) is 11.1 Å². The zero-order valence-electron chi connectivity index (χ0n) is 12.3. The second kappa shape index (κ2) is 18.3. The van der Waals surface area contributed by atoms with Gasteiger partial charge in [-0.15, -0.1) is 0 Å². The molecular weight excluding hydrogens is 224 g/mol. The lowest BCUT2D eigenvalue weighted by Crippen LogP contribution is -1.78. The fourth-order valence-corrected chi connectivity index (χ4v) is 1.43. The predicted molar refractivity (Wildman–Crippen MR) is 79.9 cm³/mol. The molecule has 106 valence electrons. The molecule has 0 aliphatic rings. The van der Waals surface area contributed by atoms with Crippen LogP contribution in [0.1, 0.15) is 72.1 Å². The average Bonchev–Trinajstić information content (AvgIpc) is 2.31. The topological polar surface area (TPSA) is 37.3 Å². The Balaban J connectivity index is 0. The molecule has 2 heteroatoms. The maximum Gasteiger partial charge on any atom is 0.300 e. The van der Waals surface area contributed by atoms with Crippen LogP contribution in [0.15, 0.2) is 24.3 Å². The molecule has 0 heterocycles. The van der Waals surface area contributed by atoms with Crippen LogP contribution < -0.4 is 0 Å². The molecule has 0 aromatic rings. The van der Waals surface area contributed by atoms with Gasteiger partial charge >= 0.3 is 0 Å². The van der Waals surface area contributed by atoms with Gasteiger partial charge in [-0.2, -0.15) is 0 Å². The van der Waals surface area contributed by atoms with Gasteiger partial charge in [0.25, 0.3) is 5.97 Å². The number of hydrogen-bond donors (Lipinski definition) is 1. The molecule has 0 spiro atoms. The van der Waals surface area contributed by atoms with Crippen LogP contribution in [0.3, 0.4) is 0 Å². The van der Waals surface area contributed by atoms with Gasteiger partial charge < -0.3 is 5.11 Å². The normalized spacial score (nSPS) is 10.6. The number of unbranched alkanes of at least 4 members (excludes halogenated alkanes) is 6. The summed E-state index contributed by atoms with van der Waals surface area (Å²) >= 11 is 0.